The Morgan fingerprint density at radius 2 is 1.92 bits per heavy atom. The number of ether oxygens (including phenoxy) is 1. The number of amides is 1. The molecule has 0 spiro atoms. The zero-order chi connectivity index (χ0) is 19.4. The predicted octanol–water partition coefficient (Wildman–Crippen LogP) is 2.65. The van der Waals surface area contributed by atoms with E-state index in [2.05, 4.69) is 5.10 Å². The summed E-state index contributed by atoms with van der Waals surface area (Å²) in [6.07, 6.45) is 2.63. The first-order valence-corrected chi connectivity index (χ1v) is 7.49. The third-order valence-corrected chi connectivity index (χ3v) is 3.61. The van der Waals surface area contributed by atoms with Gasteiger partial charge in [-0.2, -0.15) is 5.10 Å². The molecule has 1 aromatic carbocycles. The molecule has 2 aromatic rings. The zero-order valence-electron chi connectivity index (χ0n) is 14.3. The summed E-state index contributed by atoms with van der Waals surface area (Å²) in [4.78, 5) is 23.3. The number of carbonyl (C=O) groups is 2. The number of anilines is 1. The number of hydrogen-bond acceptors (Lipinski definition) is 4. The van der Waals surface area contributed by atoms with Crippen LogP contribution in [0.5, 0.6) is 0 Å². The molecule has 1 amide bonds. The van der Waals surface area contributed by atoms with Crippen molar-refractivity contribution in [3.63, 3.8) is 0 Å². The highest BCUT2D eigenvalue weighted by atomic mass is 19.2. The number of halogens is 3. The molecule has 1 aromatic heterocycles. The van der Waals surface area contributed by atoms with Crippen molar-refractivity contribution < 1.29 is 27.5 Å². The Bertz CT molecular complexity index is 891. The minimum atomic E-state index is -1.70. The van der Waals surface area contributed by atoms with Gasteiger partial charge in [-0.05, 0) is 32.1 Å². The minimum Gasteiger partial charge on any atom is -0.452 e. The maximum absolute atomic E-state index is 13.5. The van der Waals surface area contributed by atoms with Crippen molar-refractivity contribution in [2.45, 2.75) is 13.8 Å². The summed E-state index contributed by atoms with van der Waals surface area (Å²) in [5, 5.41) is 6.18. The van der Waals surface area contributed by atoms with Crippen LogP contribution in [0.1, 0.15) is 17.0 Å². The van der Waals surface area contributed by atoms with Gasteiger partial charge in [0, 0.05) is 24.4 Å². The van der Waals surface area contributed by atoms with Crippen LogP contribution in [-0.4, -0.2) is 28.3 Å². The molecule has 6 nitrogen and oxygen atoms in total. The Kier molecular flexibility index (Phi) is 5.81. The third kappa shape index (κ3) is 4.29. The first kappa shape index (κ1) is 19.2. The molecule has 0 aliphatic heterocycles. The van der Waals surface area contributed by atoms with Crippen LogP contribution in [-0.2, 0) is 21.4 Å². The van der Waals surface area contributed by atoms with Gasteiger partial charge in [0.05, 0.1) is 11.4 Å². The topological polar surface area (TPSA) is 73.2 Å². The van der Waals surface area contributed by atoms with Gasteiger partial charge < -0.3 is 10.1 Å². The van der Waals surface area contributed by atoms with Gasteiger partial charge in [0.25, 0.3) is 5.91 Å². The molecule has 0 bridgehead atoms. The molecule has 0 atom stereocenters. The van der Waals surface area contributed by atoms with Gasteiger partial charge in [-0.15, -0.1) is 0 Å². The third-order valence-electron chi connectivity index (χ3n) is 3.61. The van der Waals surface area contributed by atoms with Crippen molar-refractivity contribution in [1.29, 1.82) is 0 Å². The van der Waals surface area contributed by atoms with Crippen LogP contribution in [0.15, 0.2) is 18.2 Å². The Labute approximate surface area is 147 Å². The Morgan fingerprint density at radius 3 is 2.54 bits per heavy atom. The number of nitrogens with zero attached hydrogens (tertiary/aromatic N) is 2. The van der Waals surface area contributed by atoms with Crippen molar-refractivity contribution in [1.82, 2.24) is 9.78 Å². The van der Waals surface area contributed by atoms with Crippen molar-refractivity contribution in [2.24, 2.45) is 7.05 Å². The summed E-state index contributed by atoms with van der Waals surface area (Å²) in [6.45, 7) is 2.89. The average molecular weight is 367 g/mol. The smallest absolute Gasteiger partial charge is 0.331 e. The van der Waals surface area contributed by atoms with E-state index in [1.165, 1.54) is 6.08 Å². The van der Waals surface area contributed by atoms with Gasteiger partial charge >= 0.3 is 5.97 Å². The Morgan fingerprint density at radius 1 is 1.23 bits per heavy atom. The normalized spacial score (nSPS) is 11.0. The Balaban J connectivity index is 1.92. The second-order valence-corrected chi connectivity index (χ2v) is 5.42. The number of esters is 1. The molecule has 1 N–H and O–H groups in total. The molecule has 0 aliphatic rings. The van der Waals surface area contributed by atoms with Crippen LogP contribution in [0.3, 0.4) is 0 Å². The van der Waals surface area contributed by atoms with E-state index in [0.717, 1.165) is 29.1 Å². The monoisotopic (exact) mass is 367 g/mol. The quantitative estimate of drug-likeness (QED) is 0.501. The summed E-state index contributed by atoms with van der Waals surface area (Å²) in [6, 6.07) is 1.53. The highest BCUT2D eigenvalue weighted by Gasteiger charge is 2.16. The second-order valence-electron chi connectivity index (χ2n) is 5.42. The molecule has 26 heavy (non-hydrogen) atoms. The molecule has 9 heteroatoms. The maximum atomic E-state index is 13.5. The summed E-state index contributed by atoms with van der Waals surface area (Å²) >= 11 is 0. The maximum Gasteiger partial charge on any atom is 0.331 e. The molecular weight excluding hydrogens is 351 g/mol. The lowest BCUT2D eigenvalue weighted by atomic mass is 10.2. The molecule has 2 rings (SSSR count). The predicted molar refractivity (Wildman–Crippen MR) is 87.6 cm³/mol. The van der Waals surface area contributed by atoms with Gasteiger partial charge in [-0.3, -0.25) is 9.48 Å². The Hall–Kier alpha value is -3.10. The minimum absolute atomic E-state index is 0.554. The number of nitrogens with one attached hydrogen (secondary N) is 1. The van der Waals surface area contributed by atoms with Crippen molar-refractivity contribution in [2.75, 3.05) is 11.9 Å². The number of benzene rings is 1. The summed E-state index contributed by atoms with van der Waals surface area (Å²) in [5.74, 6) is -6.31. The van der Waals surface area contributed by atoms with E-state index in [-0.39, 0.29) is 0 Å². The van der Waals surface area contributed by atoms with E-state index in [1.54, 1.807) is 18.7 Å². The standard InChI is InChI=1S/C17H16F3N3O3/c1-9-11(10(2)23(3)22-9)4-7-15(25)26-8-14(24)21-13-6-5-12(18)16(19)17(13)20/h4-7H,8H2,1-3H3,(H,21,24)/b7-4+. The first-order chi connectivity index (χ1) is 12.2. The number of hydrogen-bond donors (Lipinski definition) is 1. The second kappa shape index (κ2) is 7.85. The van der Waals surface area contributed by atoms with E-state index in [0.29, 0.717) is 6.07 Å². The molecule has 0 saturated carbocycles. The summed E-state index contributed by atoms with van der Waals surface area (Å²) in [5.41, 5.74) is 1.76. The van der Waals surface area contributed by atoms with E-state index in [9.17, 15) is 22.8 Å². The lowest BCUT2D eigenvalue weighted by Crippen LogP contribution is -2.21. The largest absolute Gasteiger partial charge is 0.452 e. The highest BCUT2D eigenvalue weighted by Crippen LogP contribution is 2.19. The van der Waals surface area contributed by atoms with E-state index in [4.69, 9.17) is 4.74 Å². The molecule has 1 heterocycles. The SMILES string of the molecule is Cc1nn(C)c(C)c1/C=C/C(=O)OCC(=O)Nc1ccc(F)c(F)c1F. The molecule has 0 fully saturated rings. The van der Waals surface area contributed by atoms with Gasteiger partial charge in [0.2, 0.25) is 0 Å². The van der Waals surface area contributed by atoms with Crippen LogP contribution < -0.4 is 5.32 Å². The van der Waals surface area contributed by atoms with Crippen LogP contribution in [0.25, 0.3) is 6.08 Å². The fraction of sp³-hybridized carbons (Fsp3) is 0.235. The lowest BCUT2D eigenvalue weighted by molar-refractivity contribution is -0.142. The fourth-order valence-corrected chi connectivity index (χ4v) is 2.18. The van der Waals surface area contributed by atoms with Crippen molar-refractivity contribution in [3.05, 3.63) is 52.6 Å². The fourth-order valence-electron chi connectivity index (χ4n) is 2.18. The molecular formula is C17H16F3N3O3. The summed E-state index contributed by atoms with van der Waals surface area (Å²) in [7, 11) is 1.76. The van der Waals surface area contributed by atoms with Gasteiger partial charge in [-0.1, -0.05) is 0 Å². The van der Waals surface area contributed by atoms with Crippen molar-refractivity contribution in [3.8, 4) is 0 Å². The average Bonchev–Trinajstić information content (AvgIpc) is 2.84. The van der Waals surface area contributed by atoms with Crippen LogP contribution in [0, 0.1) is 31.3 Å². The summed E-state index contributed by atoms with van der Waals surface area (Å²) < 4.78 is 45.7. The number of rotatable bonds is 5. The van der Waals surface area contributed by atoms with Crippen LogP contribution in [0.2, 0.25) is 0 Å². The number of carbonyl (C=O) groups excluding carboxylic acids is 2. The lowest BCUT2D eigenvalue weighted by Gasteiger charge is -2.07. The van der Waals surface area contributed by atoms with E-state index in [1.807, 2.05) is 12.2 Å². The zero-order valence-corrected chi connectivity index (χ0v) is 14.3. The van der Waals surface area contributed by atoms with Crippen LogP contribution in [0.4, 0.5) is 18.9 Å². The molecule has 0 aliphatic carbocycles. The van der Waals surface area contributed by atoms with E-state index < -0.39 is 41.6 Å². The van der Waals surface area contributed by atoms with E-state index >= 15 is 0 Å². The molecule has 0 saturated heterocycles. The molecule has 0 unspecified atom stereocenters. The number of aryl methyl sites for hydroxylation is 2. The first-order valence-electron chi connectivity index (χ1n) is 7.49. The van der Waals surface area contributed by atoms with Crippen LogP contribution >= 0.6 is 0 Å². The van der Waals surface area contributed by atoms with Gasteiger partial charge in [-0.25, -0.2) is 18.0 Å². The molecule has 0 radical (unpaired) electrons. The van der Waals surface area contributed by atoms with Gasteiger partial charge in [0.15, 0.2) is 24.1 Å². The van der Waals surface area contributed by atoms with Gasteiger partial charge in [0.1, 0.15) is 0 Å². The highest BCUT2D eigenvalue weighted by molar-refractivity contribution is 5.94. The molecule has 138 valence electrons. The number of aromatic nitrogens is 2. The van der Waals surface area contributed by atoms with Crippen molar-refractivity contribution >= 4 is 23.6 Å².